The van der Waals surface area contributed by atoms with E-state index in [4.69, 9.17) is 10.5 Å². The highest BCUT2D eigenvalue weighted by Gasteiger charge is 2.44. The summed E-state index contributed by atoms with van der Waals surface area (Å²) in [7, 11) is 0. The summed E-state index contributed by atoms with van der Waals surface area (Å²) in [5.74, 6) is -1.56. The van der Waals surface area contributed by atoms with E-state index in [2.05, 4.69) is 5.10 Å². The summed E-state index contributed by atoms with van der Waals surface area (Å²) in [5, 5.41) is 16.7. The lowest BCUT2D eigenvalue weighted by Gasteiger charge is -2.25. The summed E-state index contributed by atoms with van der Waals surface area (Å²) in [4.78, 5) is 0. The van der Waals surface area contributed by atoms with Crippen LogP contribution in [0.25, 0.3) is 10.8 Å². The van der Waals surface area contributed by atoms with E-state index in [1.54, 1.807) is 24.3 Å². The van der Waals surface area contributed by atoms with Crippen molar-refractivity contribution in [2.45, 2.75) is 12.1 Å². The highest BCUT2D eigenvalue weighted by Crippen LogP contribution is 2.48. The first kappa shape index (κ1) is 16.0. The molecule has 0 amide bonds. The first-order chi connectivity index (χ1) is 12.4. The fourth-order valence-corrected chi connectivity index (χ4v) is 3.27. The van der Waals surface area contributed by atoms with Crippen molar-refractivity contribution in [3.05, 3.63) is 70.7 Å². The zero-order chi connectivity index (χ0) is 18.5. The van der Waals surface area contributed by atoms with Crippen LogP contribution >= 0.6 is 0 Å². The van der Waals surface area contributed by atoms with E-state index in [1.807, 2.05) is 29.4 Å². The number of nitrogens with one attached hydrogen (secondary N) is 1. The van der Waals surface area contributed by atoms with Crippen molar-refractivity contribution in [2.75, 3.05) is 0 Å². The molecule has 1 aliphatic heterocycles. The van der Waals surface area contributed by atoms with Gasteiger partial charge in [0.2, 0.25) is 11.8 Å². The lowest BCUT2D eigenvalue weighted by molar-refractivity contribution is -0.141. The van der Waals surface area contributed by atoms with Gasteiger partial charge in [-0.3, -0.25) is 5.10 Å². The molecule has 3 aromatic rings. The number of hydrogen-bond acceptors (Lipinski definition) is 4. The Morgan fingerprint density at radius 2 is 1.88 bits per heavy atom. The monoisotopic (exact) mass is 356 g/mol. The van der Waals surface area contributed by atoms with Gasteiger partial charge in [-0.15, -0.1) is 5.10 Å². The van der Waals surface area contributed by atoms with E-state index < -0.39 is 17.8 Å². The predicted octanol–water partition coefficient (Wildman–Crippen LogP) is 3.80. The van der Waals surface area contributed by atoms with Gasteiger partial charge < -0.3 is 10.5 Å². The van der Waals surface area contributed by atoms with Gasteiger partial charge in [0.25, 0.3) is 0 Å². The molecule has 1 aliphatic rings. The molecule has 1 aromatic heterocycles. The minimum atomic E-state index is -4.68. The summed E-state index contributed by atoms with van der Waals surface area (Å²) < 4.78 is 45.6. The second-order valence-electron chi connectivity index (χ2n) is 5.81. The quantitative estimate of drug-likeness (QED) is 0.694. The molecule has 0 saturated heterocycles. The van der Waals surface area contributed by atoms with Gasteiger partial charge in [0.15, 0.2) is 0 Å². The van der Waals surface area contributed by atoms with Crippen LogP contribution in [0, 0.1) is 11.3 Å². The molecular formula is C18H11F3N4O. The number of nitriles is 1. The molecule has 2 heterocycles. The van der Waals surface area contributed by atoms with Crippen LogP contribution in [-0.4, -0.2) is 10.2 Å². The number of nitrogens with two attached hydrogens (primary N) is 1. The van der Waals surface area contributed by atoms with Crippen molar-refractivity contribution in [3.63, 3.8) is 0 Å². The molecule has 0 saturated carbocycles. The number of fused-ring (bicyclic) bond motifs is 2. The Morgan fingerprint density at radius 1 is 1.15 bits per heavy atom. The average Bonchev–Trinajstić information content (AvgIpc) is 3.03. The molecule has 2 aromatic carbocycles. The number of rotatable bonds is 1. The van der Waals surface area contributed by atoms with E-state index in [0.717, 1.165) is 10.8 Å². The molecule has 1 unspecified atom stereocenters. The first-order valence-corrected chi connectivity index (χ1v) is 7.62. The Hall–Kier alpha value is -3.47. The fourth-order valence-electron chi connectivity index (χ4n) is 3.27. The second kappa shape index (κ2) is 5.52. The Balaban J connectivity index is 2.06. The lowest BCUT2D eigenvalue weighted by Crippen LogP contribution is -2.23. The number of H-pyrrole nitrogens is 1. The summed E-state index contributed by atoms with van der Waals surface area (Å²) in [6, 6.07) is 14.4. The molecule has 1 atom stereocenters. The third-order valence-electron chi connectivity index (χ3n) is 4.36. The SMILES string of the molecule is N#CC1=C(N)Oc2n[nH]c(C(F)(F)F)c2C1c1cccc2ccccc12. The minimum absolute atomic E-state index is 0.0826. The van der Waals surface area contributed by atoms with Crippen molar-refractivity contribution in [1.29, 1.82) is 5.26 Å². The maximum Gasteiger partial charge on any atom is 0.433 e. The Labute approximate surface area is 145 Å². The second-order valence-corrected chi connectivity index (χ2v) is 5.81. The van der Waals surface area contributed by atoms with Crippen molar-refractivity contribution in [1.82, 2.24) is 10.2 Å². The summed E-state index contributed by atoms with van der Waals surface area (Å²) in [6.45, 7) is 0. The highest BCUT2D eigenvalue weighted by atomic mass is 19.4. The van der Waals surface area contributed by atoms with Crippen molar-refractivity contribution < 1.29 is 17.9 Å². The normalized spacial score (nSPS) is 16.9. The molecule has 0 radical (unpaired) electrons. The van der Waals surface area contributed by atoms with E-state index in [-0.39, 0.29) is 22.9 Å². The molecule has 4 rings (SSSR count). The van der Waals surface area contributed by atoms with E-state index in [9.17, 15) is 18.4 Å². The highest BCUT2D eigenvalue weighted by molar-refractivity contribution is 5.87. The summed E-state index contributed by atoms with van der Waals surface area (Å²) in [6.07, 6.45) is -4.68. The molecule has 5 nitrogen and oxygen atoms in total. The van der Waals surface area contributed by atoms with Gasteiger partial charge >= 0.3 is 6.18 Å². The number of allylic oxidation sites excluding steroid dienone is 1. The molecule has 0 aliphatic carbocycles. The molecule has 0 spiro atoms. The number of halogens is 3. The Bertz CT molecular complexity index is 1090. The topological polar surface area (TPSA) is 87.7 Å². The maximum absolute atomic E-state index is 13.5. The van der Waals surface area contributed by atoms with Crippen LogP contribution in [0.1, 0.15) is 22.7 Å². The van der Waals surface area contributed by atoms with Crippen molar-refractivity contribution in [2.24, 2.45) is 5.73 Å². The van der Waals surface area contributed by atoms with E-state index in [0.29, 0.717) is 5.56 Å². The van der Waals surface area contributed by atoms with Gasteiger partial charge in [0.05, 0.1) is 11.5 Å². The molecule has 8 heteroatoms. The van der Waals surface area contributed by atoms with Crippen molar-refractivity contribution in [3.8, 4) is 11.9 Å². The van der Waals surface area contributed by atoms with Crippen LogP contribution in [0.15, 0.2) is 53.9 Å². The third kappa shape index (κ3) is 2.29. The number of alkyl halides is 3. The molecule has 3 N–H and O–H groups in total. The largest absolute Gasteiger partial charge is 0.433 e. The number of ether oxygens (including phenoxy) is 1. The zero-order valence-electron chi connectivity index (χ0n) is 13.1. The third-order valence-corrected chi connectivity index (χ3v) is 4.36. The molecule has 26 heavy (non-hydrogen) atoms. The van der Waals surface area contributed by atoms with E-state index in [1.165, 1.54) is 0 Å². The molecular weight excluding hydrogens is 345 g/mol. The first-order valence-electron chi connectivity index (χ1n) is 7.62. The van der Waals surface area contributed by atoms with Crippen LogP contribution in [0.5, 0.6) is 5.88 Å². The van der Waals surface area contributed by atoms with Gasteiger partial charge in [-0.1, -0.05) is 42.5 Å². The summed E-state index contributed by atoms with van der Waals surface area (Å²) in [5.41, 5.74) is 4.95. The Morgan fingerprint density at radius 3 is 2.62 bits per heavy atom. The van der Waals surface area contributed by atoms with Crippen LogP contribution in [0.3, 0.4) is 0 Å². The predicted molar refractivity (Wildman–Crippen MR) is 86.8 cm³/mol. The lowest BCUT2D eigenvalue weighted by atomic mass is 9.81. The van der Waals surface area contributed by atoms with Gasteiger partial charge in [0.1, 0.15) is 17.3 Å². The maximum atomic E-state index is 13.5. The minimum Gasteiger partial charge on any atom is -0.420 e. The van der Waals surface area contributed by atoms with Crippen LogP contribution in [0.2, 0.25) is 0 Å². The average molecular weight is 356 g/mol. The molecule has 0 bridgehead atoms. The van der Waals surface area contributed by atoms with Crippen LogP contribution in [0.4, 0.5) is 13.2 Å². The zero-order valence-corrected chi connectivity index (χ0v) is 13.1. The number of aromatic amines is 1. The van der Waals surface area contributed by atoms with Gasteiger partial charge in [-0.25, -0.2) is 0 Å². The van der Waals surface area contributed by atoms with Gasteiger partial charge in [0, 0.05) is 0 Å². The smallest absolute Gasteiger partial charge is 0.420 e. The fraction of sp³-hybridized carbons (Fsp3) is 0.111. The molecule has 0 fully saturated rings. The number of aromatic nitrogens is 2. The number of benzene rings is 2. The Kier molecular flexibility index (Phi) is 3.40. The van der Waals surface area contributed by atoms with E-state index >= 15 is 0 Å². The van der Waals surface area contributed by atoms with Crippen LogP contribution in [-0.2, 0) is 6.18 Å². The van der Waals surface area contributed by atoms with Gasteiger partial charge in [-0.2, -0.15) is 18.4 Å². The molecule has 130 valence electrons. The van der Waals surface area contributed by atoms with Crippen molar-refractivity contribution >= 4 is 10.8 Å². The number of nitrogens with zero attached hydrogens (tertiary/aromatic N) is 2. The standard InChI is InChI=1S/C18H11F3N4O/c19-18(20,21)15-14-13(12(8-22)16(23)26-17(14)25-24-15)11-7-3-5-9-4-1-2-6-10(9)11/h1-7,13H,23H2,(H,24,25). The van der Waals surface area contributed by atoms with Crippen LogP contribution < -0.4 is 10.5 Å². The summed E-state index contributed by atoms with van der Waals surface area (Å²) >= 11 is 0. The number of hydrogen-bond donors (Lipinski definition) is 2. The van der Waals surface area contributed by atoms with Gasteiger partial charge in [-0.05, 0) is 16.3 Å².